The predicted molar refractivity (Wildman–Crippen MR) is 89.5 cm³/mol. The number of rotatable bonds is 5. The van der Waals surface area contributed by atoms with E-state index < -0.39 is 5.97 Å². The Bertz CT molecular complexity index is 919. The number of ether oxygens (including phenoxy) is 1. The Morgan fingerprint density at radius 2 is 1.76 bits per heavy atom. The van der Waals surface area contributed by atoms with E-state index in [1.807, 2.05) is 0 Å². The third kappa shape index (κ3) is 3.92. The van der Waals surface area contributed by atoms with Crippen molar-refractivity contribution in [2.24, 2.45) is 0 Å². The molecular formula is C18H13ClN2O4. The maximum atomic E-state index is 12.7. The van der Waals surface area contributed by atoms with E-state index in [9.17, 15) is 9.59 Å². The van der Waals surface area contributed by atoms with Gasteiger partial charge >= 0.3 is 5.97 Å². The zero-order valence-electron chi connectivity index (χ0n) is 13.2. The number of hydrogen-bond acceptors (Lipinski definition) is 6. The van der Waals surface area contributed by atoms with E-state index in [4.69, 9.17) is 20.9 Å². The van der Waals surface area contributed by atoms with E-state index in [0.29, 0.717) is 16.4 Å². The molecule has 0 atom stereocenters. The number of esters is 1. The molecule has 0 saturated carbocycles. The molecule has 7 heteroatoms. The average molecular weight is 357 g/mol. The summed E-state index contributed by atoms with van der Waals surface area (Å²) in [5, 5.41) is 4.14. The normalized spacial score (nSPS) is 10.5. The van der Waals surface area contributed by atoms with Crippen molar-refractivity contribution in [1.29, 1.82) is 0 Å². The maximum Gasteiger partial charge on any atom is 0.339 e. The first-order valence-corrected chi connectivity index (χ1v) is 7.78. The highest BCUT2D eigenvalue weighted by atomic mass is 35.5. The molecule has 0 unspecified atom stereocenters. The molecule has 6 nitrogen and oxygen atoms in total. The summed E-state index contributed by atoms with van der Waals surface area (Å²) in [6.07, 6.45) is 0. The first kappa shape index (κ1) is 16.9. The van der Waals surface area contributed by atoms with Gasteiger partial charge in [0.1, 0.15) is 0 Å². The lowest BCUT2D eigenvalue weighted by molar-refractivity contribution is 0.0427. The molecule has 3 aromatic rings. The first-order valence-electron chi connectivity index (χ1n) is 7.40. The third-order valence-electron chi connectivity index (χ3n) is 3.39. The highest BCUT2D eigenvalue weighted by Gasteiger charge is 2.19. The van der Waals surface area contributed by atoms with Gasteiger partial charge in [-0.3, -0.25) is 4.79 Å². The van der Waals surface area contributed by atoms with Crippen LogP contribution >= 0.6 is 11.6 Å². The first-order chi connectivity index (χ1) is 12.0. The summed E-state index contributed by atoms with van der Waals surface area (Å²) >= 11 is 5.84. The minimum atomic E-state index is -0.645. The molecule has 3 rings (SSSR count). The number of carbonyl (C=O) groups excluding carboxylic acids is 2. The molecule has 0 saturated heterocycles. The second-order valence-corrected chi connectivity index (χ2v) is 5.63. The fourth-order valence-electron chi connectivity index (χ4n) is 2.22. The molecule has 2 aromatic carbocycles. The molecule has 126 valence electrons. The Hall–Kier alpha value is -2.99. The van der Waals surface area contributed by atoms with Crippen LogP contribution in [0.25, 0.3) is 0 Å². The van der Waals surface area contributed by atoms with Crippen LogP contribution in [0, 0.1) is 6.92 Å². The topological polar surface area (TPSA) is 82.3 Å². The van der Waals surface area contributed by atoms with Crippen molar-refractivity contribution in [3.05, 3.63) is 82.0 Å². The molecule has 0 N–H and O–H groups in total. The molecule has 25 heavy (non-hydrogen) atoms. The van der Waals surface area contributed by atoms with Gasteiger partial charge in [0.2, 0.25) is 0 Å². The number of aryl methyl sites for hydroxylation is 1. The van der Waals surface area contributed by atoms with Crippen molar-refractivity contribution in [2.45, 2.75) is 13.5 Å². The van der Waals surface area contributed by atoms with Crippen LogP contribution in [0.3, 0.4) is 0 Å². The lowest BCUT2D eigenvalue weighted by atomic mass is 9.98. The highest BCUT2D eigenvalue weighted by molar-refractivity contribution is 6.30. The molecular weight excluding hydrogens is 344 g/mol. The van der Waals surface area contributed by atoms with E-state index >= 15 is 0 Å². The van der Waals surface area contributed by atoms with Gasteiger partial charge in [-0.05, 0) is 37.3 Å². The monoisotopic (exact) mass is 356 g/mol. The van der Waals surface area contributed by atoms with Gasteiger partial charge in [0.15, 0.2) is 18.2 Å². The smallest absolute Gasteiger partial charge is 0.339 e. The van der Waals surface area contributed by atoms with Crippen LogP contribution in [-0.4, -0.2) is 21.9 Å². The maximum absolute atomic E-state index is 12.7. The van der Waals surface area contributed by atoms with Gasteiger partial charge in [-0.2, -0.15) is 4.98 Å². The summed E-state index contributed by atoms with van der Waals surface area (Å²) in [5.41, 5.74) is 0.840. The predicted octanol–water partition coefficient (Wildman–Crippen LogP) is 3.62. The fraction of sp³-hybridized carbons (Fsp3) is 0.111. The number of ketones is 1. The average Bonchev–Trinajstić information content (AvgIpc) is 3.05. The second-order valence-electron chi connectivity index (χ2n) is 5.19. The summed E-state index contributed by atoms with van der Waals surface area (Å²) in [6, 6.07) is 12.9. The van der Waals surface area contributed by atoms with Gasteiger partial charge in [-0.1, -0.05) is 35.0 Å². The Labute approximate surface area is 148 Å². The van der Waals surface area contributed by atoms with Crippen molar-refractivity contribution in [3.8, 4) is 0 Å². The van der Waals surface area contributed by atoms with Crippen molar-refractivity contribution < 1.29 is 18.8 Å². The lowest BCUT2D eigenvalue weighted by Gasteiger charge is -2.08. The quantitative estimate of drug-likeness (QED) is 0.513. The molecule has 0 aliphatic rings. The van der Waals surface area contributed by atoms with Gasteiger partial charge in [0.25, 0.3) is 5.89 Å². The zero-order valence-corrected chi connectivity index (χ0v) is 14.0. The summed E-state index contributed by atoms with van der Waals surface area (Å²) in [5.74, 6) is -0.302. The summed E-state index contributed by atoms with van der Waals surface area (Å²) in [6.45, 7) is 1.50. The largest absolute Gasteiger partial charge is 0.452 e. The highest BCUT2D eigenvalue weighted by Crippen LogP contribution is 2.18. The van der Waals surface area contributed by atoms with E-state index in [-0.39, 0.29) is 29.4 Å². The van der Waals surface area contributed by atoms with Gasteiger partial charge in [-0.15, -0.1) is 0 Å². The van der Waals surface area contributed by atoms with Gasteiger partial charge in [-0.25, -0.2) is 4.79 Å². The fourth-order valence-corrected chi connectivity index (χ4v) is 2.35. The van der Waals surface area contributed by atoms with Crippen molar-refractivity contribution in [1.82, 2.24) is 10.1 Å². The Morgan fingerprint density at radius 1 is 1.08 bits per heavy atom. The van der Waals surface area contributed by atoms with Crippen LogP contribution in [-0.2, 0) is 11.3 Å². The van der Waals surface area contributed by atoms with Crippen LogP contribution < -0.4 is 0 Å². The molecule has 0 spiro atoms. The Morgan fingerprint density at radius 3 is 2.40 bits per heavy atom. The minimum absolute atomic E-state index is 0.164. The van der Waals surface area contributed by atoms with E-state index in [0.717, 1.165) is 0 Å². The van der Waals surface area contributed by atoms with Crippen LogP contribution in [0.1, 0.15) is 38.0 Å². The molecule has 0 aliphatic carbocycles. The van der Waals surface area contributed by atoms with Gasteiger partial charge in [0.05, 0.1) is 5.56 Å². The summed E-state index contributed by atoms with van der Waals surface area (Å²) in [4.78, 5) is 29.0. The molecule has 0 amide bonds. The number of nitrogens with zero attached hydrogens (tertiary/aromatic N) is 2. The standard InChI is InChI=1S/C18H13ClN2O4/c1-11-20-16(25-21-11)10-24-18(23)15-5-3-2-4-14(15)17(22)12-6-8-13(19)9-7-12/h2-9H,10H2,1H3. The Kier molecular flexibility index (Phi) is 4.90. The number of halogens is 1. The van der Waals surface area contributed by atoms with Crippen LogP contribution in [0.4, 0.5) is 0 Å². The second kappa shape index (κ2) is 7.27. The molecule has 0 radical (unpaired) electrons. The van der Waals surface area contributed by atoms with Crippen molar-refractivity contribution in [2.75, 3.05) is 0 Å². The van der Waals surface area contributed by atoms with E-state index in [1.54, 1.807) is 49.4 Å². The van der Waals surface area contributed by atoms with Crippen LogP contribution in [0.2, 0.25) is 5.02 Å². The Balaban J connectivity index is 1.81. The van der Waals surface area contributed by atoms with E-state index in [1.165, 1.54) is 6.07 Å². The van der Waals surface area contributed by atoms with Crippen molar-refractivity contribution >= 4 is 23.4 Å². The number of aromatic nitrogens is 2. The summed E-state index contributed by atoms with van der Waals surface area (Å²) in [7, 11) is 0. The van der Waals surface area contributed by atoms with E-state index in [2.05, 4.69) is 10.1 Å². The zero-order chi connectivity index (χ0) is 17.8. The molecule has 1 aromatic heterocycles. The van der Waals surface area contributed by atoms with Crippen molar-refractivity contribution in [3.63, 3.8) is 0 Å². The number of hydrogen-bond donors (Lipinski definition) is 0. The van der Waals surface area contributed by atoms with Gasteiger partial charge in [0, 0.05) is 16.1 Å². The third-order valence-corrected chi connectivity index (χ3v) is 3.65. The van der Waals surface area contributed by atoms with Crippen LogP contribution in [0.5, 0.6) is 0 Å². The van der Waals surface area contributed by atoms with Crippen LogP contribution in [0.15, 0.2) is 53.1 Å². The summed E-state index contributed by atoms with van der Waals surface area (Å²) < 4.78 is 10.1. The number of carbonyl (C=O) groups is 2. The molecule has 0 fully saturated rings. The molecule has 0 aliphatic heterocycles. The number of benzene rings is 2. The SMILES string of the molecule is Cc1noc(COC(=O)c2ccccc2C(=O)c2ccc(Cl)cc2)n1. The van der Waals surface area contributed by atoms with Gasteiger partial charge < -0.3 is 9.26 Å². The minimum Gasteiger partial charge on any atom is -0.452 e. The lowest BCUT2D eigenvalue weighted by Crippen LogP contribution is -2.12. The molecule has 0 bridgehead atoms. The molecule has 1 heterocycles.